The number of nitrogens with zero attached hydrogens (tertiary/aromatic N) is 1. The highest BCUT2D eigenvalue weighted by atomic mass is 35.5. The molecule has 0 spiro atoms. The van der Waals surface area contributed by atoms with Crippen molar-refractivity contribution >= 4 is 29.1 Å². The van der Waals surface area contributed by atoms with E-state index in [1.165, 1.54) is 0 Å². The number of rotatable bonds is 9. The lowest BCUT2D eigenvalue weighted by Crippen LogP contribution is -2.41. The van der Waals surface area contributed by atoms with E-state index in [-0.39, 0.29) is 12.0 Å². The fourth-order valence-electron chi connectivity index (χ4n) is 2.76. The van der Waals surface area contributed by atoms with Crippen LogP contribution in [-0.4, -0.2) is 49.8 Å². The van der Waals surface area contributed by atoms with Crippen LogP contribution in [-0.2, 0) is 9.53 Å². The molecule has 0 bridgehead atoms. The molecule has 5 nitrogen and oxygen atoms in total. The molecule has 1 aromatic carbocycles. The molecule has 0 radical (unpaired) electrons. The summed E-state index contributed by atoms with van der Waals surface area (Å²) in [4.78, 5) is 14.2. The summed E-state index contributed by atoms with van der Waals surface area (Å²) in [6, 6.07) is 5.11. The molecule has 1 saturated heterocycles. The first kappa shape index (κ1) is 20.3. The Labute approximate surface area is 159 Å². The van der Waals surface area contributed by atoms with Gasteiger partial charge < -0.3 is 20.1 Å². The van der Waals surface area contributed by atoms with E-state index in [0.29, 0.717) is 48.4 Å². The van der Waals surface area contributed by atoms with E-state index >= 15 is 0 Å². The Morgan fingerprint density at radius 1 is 1.20 bits per heavy atom. The third-order valence-electron chi connectivity index (χ3n) is 4.18. The predicted octanol–water partition coefficient (Wildman–Crippen LogP) is 3.51. The van der Waals surface area contributed by atoms with Crippen LogP contribution < -0.4 is 10.5 Å². The molecule has 0 atom stereocenters. The van der Waals surface area contributed by atoms with Crippen molar-refractivity contribution in [2.24, 2.45) is 5.73 Å². The van der Waals surface area contributed by atoms with Crippen LogP contribution in [0.3, 0.4) is 0 Å². The SMILES string of the molecule is NCCCOC1CCN(C(=O)CCCOc2ccc(Cl)cc2Cl)CC1. The average molecular weight is 389 g/mol. The summed E-state index contributed by atoms with van der Waals surface area (Å²) in [5.74, 6) is 0.764. The summed E-state index contributed by atoms with van der Waals surface area (Å²) in [6.45, 7) is 3.33. The Bertz CT molecular complexity index is 549. The van der Waals surface area contributed by atoms with E-state index in [2.05, 4.69) is 0 Å². The molecule has 25 heavy (non-hydrogen) atoms. The number of benzene rings is 1. The predicted molar refractivity (Wildman–Crippen MR) is 100 cm³/mol. The normalized spacial score (nSPS) is 15.4. The highest BCUT2D eigenvalue weighted by Gasteiger charge is 2.22. The zero-order valence-corrected chi connectivity index (χ0v) is 15.9. The molecule has 1 fully saturated rings. The van der Waals surface area contributed by atoms with Crippen molar-refractivity contribution in [1.29, 1.82) is 0 Å². The quantitative estimate of drug-likeness (QED) is 0.657. The van der Waals surface area contributed by atoms with Gasteiger partial charge in [0.25, 0.3) is 0 Å². The van der Waals surface area contributed by atoms with Gasteiger partial charge >= 0.3 is 0 Å². The van der Waals surface area contributed by atoms with Gasteiger partial charge in [0.05, 0.1) is 17.7 Å². The molecule has 2 N–H and O–H groups in total. The van der Waals surface area contributed by atoms with Gasteiger partial charge in [-0.3, -0.25) is 4.79 Å². The van der Waals surface area contributed by atoms with Crippen molar-refractivity contribution in [3.05, 3.63) is 28.2 Å². The minimum Gasteiger partial charge on any atom is -0.492 e. The first-order valence-electron chi connectivity index (χ1n) is 8.77. The van der Waals surface area contributed by atoms with Gasteiger partial charge in [-0.25, -0.2) is 0 Å². The van der Waals surface area contributed by atoms with Crippen molar-refractivity contribution in [3.63, 3.8) is 0 Å². The molecule has 1 aliphatic rings. The zero-order chi connectivity index (χ0) is 18.1. The highest BCUT2D eigenvalue weighted by Crippen LogP contribution is 2.27. The number of carbonyl (C=O) groups is 1. The molecule has 1 aromatic rings. The summed E-state index contributed by atoms with van der Waals surface area (Å²) < 4.78 is 11.4. The van der Waals surface area contributed by atoms with E-state index in [1.807, 2.05) is 4.90 Å². The second-order valence-electron chi connectivity index (χ2n) is 6.12. The Kier molecular flexibility index (Phi) is 8.82. The summed E-state index contributed by atoms with van der Waals surface area (Å²) in [5.41, 5.74) is 5.46. The molecule has 1 heterocycles. The summed E-state index contributed by atoms with van der Waals surface area (Å²) in [5, 5.41) is 1.05. The molecule has 0 unspecified atom stereocenters. The van der Waals surface area contributed by atoms with Crippen LogP contribution in [0.5, 0.6) is 5.75 Å². The van der Waals surface area contributed by atoms with Crippen molar-refractivity contribution in [2.75, 3.05) is 32.8 Å². The molecule has 2 rings (SSSR count). The minimum atomic E-state index is 0.172. The number of piperidine rings is 1. The first-order chi connectivity index (χ1) is 12.1. The second kappa shape index (κ2) is 10.9. The Morgan fingerprint density at radius 3 is 2.64 bits per heavy atom. The van der Waals surface area contributed by atoms with Gasteiger partial charge in [-0.1, -0.05) is 23.2 Å². The fourth-order valence-corrected chi connectivity index (χ4v) is 3.22. The maximum atomic E-state index is 12.3. The van der Waals surface area contributed by atoms with Crippen molar-refractivity contribution < 1.29 is 14.3 Å². The maximum absolute atomic E-state index is 12.3. The standard InChI is InChI=1S/C18H26Cl2N2O3/c19-14-4-5-17(16(20)13-14)25-11-1-3-18(23)22-9-6-15(7-10-22)24-12-2-8-21/h4-5,13,15H,1-3,6-12,21H2. The lowest BCUT2D eigenvalue weighted by Gasteiger charge is -2.32. The Hall–Kier alpha value is -1.01. The van der Waals surface area contributed by atoms with Crippen LogP contribution >= 0.6 is 23.2 Å². The van der Waals surface area contributed by atoms with E-state index in [0.717, 1.165) is 32.4 Å². The van der Waals surface area contributed by atoms with Gasteiger partial charge in [0.15, 0.2) is 0 Å². The molecule has 140 valence electrons. The number of amides is 1. The third-order valence-corrected chi connectivity index (χ3v) is 4.71. The Balaban J connectivity index is 1.61. The Morgan fingerprint density at radius 2 is 1.96 bits per heavy atom. The van der Waals surface area contributed by atoms with Crippen LogP contribution in [0.1, 0.15) is 32.1 Å². The monoisotopic (exact) mass is 388 g/mol. The summed E-state index contributed by atoms with van der Waals surface area (Å²) in [6.07, 6.45) is 4.07. The number of likely N-dealkylation sites (tertiary alicyclic amines) is 1. The summed E-state index contributed by atoms with van der Waals surface area (Å²) in [7, 11) is 0. The van der Waals surface area contributed by atoms with Crippen molar-refractivity contribution in [2.45, 2.75) is 38.2 Å². The van der Waals surface area contributed by atoms with Gasteiger partial charge in [0.1, 0.15) is 5.75 Å². The van der Waals surface area contributed by atoms with Crippen LogP contribution in [0.2, 0.25) is 10.0 Å². The number of hydrogen-bond acceptors (Lipinski definition) is 4. The number of nitrogens with two attached hydrogens (primary N) is 1. The van der Waals surface area contributed by atoms with Gasteiger partial charge in [0, 0.05) is 31.1 Å². The number of halogens is 2. The van der Waals surface area contributed by atoms with Crippen LogP contribution in [0.15, 0.2) is 18.2 Å². The van der Waals surface area contributed by atoms with Gasteiger partial charge in [0.2, 0.25) is 5.91 Å². The minimum absolute atomic E-state index is 0.172. The van der Waals surface area contributed by atoms with Gasteiger partial charge in [-0.15, -0.1) is 0 Å². The lowest BCUT2D eigenvalue weighted by molar-refractivity contribution is -0.134. The first-order valence-corrected chi connectivity index (χ1v) is 9.53. The maximum Gasteiger partial charge on any atom is 0.222 e. The number of hydrogen-bond donors (Lipinski definition) is 1. The largest absolute Gasteiger partial charge is 0.492 e. The van der Waals surface area contributed by atoms with Gasteiger partial charge in [-0.2, -0.15) is 0 Å². The van der Waals surface area contributed by atoms with E-state index < -0.39 is 0 Å². The van der Waals surface area contributed by atoms with Crippen LogP contribution in [0.4, 0.5) is 0 Å². The van der Waals surface area contributed by atoms with Crippen LogP contribution in [0.25, 0.3) is 0 Å². The van der Waals surface area contributed by atoms with E-state index in [9.17, 15) is 4.79 Å². The molecule has 7 heteroatoms. The van der Waals surface area contributed by atoms with E-state index in [4.69, 9.17) is 38.4 Å². The highest BCUT2D eigenvalue weighted by molar-refractivity contribution is 6.35. The lowest BCUT2D eigenvalue weighted by atomic mass is 10.1. The average Bonchev–Trinajstić information content (AvgIpc) is 2.61. The van der Waals surface area contributed by atoms with Crippen molar-refractivity contribution in [1.82, 2.24) is 4.90 Å². The molecule has 1 aliphatic heterocycles. The molecular formula is C18H26Cl2N2O3. The third kappa shape index (κ3) is 7.02. The molecule has 0 saturated carbocycles. The van der Waals surface area contributed by atoms with Crippen molar-refractivity contribution in [3.8, 4) is 5.75 Å². The molecule has 0 aliphatic carbocycles. The number of carbonyl (C=O) groups excluding carboxylic acids is 1. The fraction of sp³-hybridized carbons (Fsp3) is 0.611. The topological polar surface area (TPSA) is 64.8 Å². The summed E-state index contributed by atoms with van der Waals surface area (Å²) >= 11 is 11.9. The smallest absolute Gasteiger partial charge is 0.222 e. The molecular weight excluding hydrogens is 363 g/mol. The van der Waals surface area contributed by atoms with Gasteiger partial charge in [-0.05, 0) is 50.4 Å². The second-order valence-corrected chi connectivity index (χ2v) is 6.96. The zero-order valence-electron chi connectivity index (χ0n) is 14.4. The molecule has 0 aromatic heterocycles. The number of ether oxygens (including phenoxy) is 2. The van der Waals surface area contributed by atoms with Crippen LogP contribution in [0, 0.1) is 0 Å². The molecule has 1 amide bonds. The van der Waals surface area contributed by atoms with E-state index in [1.54, 1.807) is 18.2 Å².